The Labute approximate surface area is 134 Å². The fourth-order valence-electron chi connectivity index (χ4n) is 1.43. The van der Waals surface area contributed by atoms with Gasteiger partial charge >= 0.3 is 0 Å². The maximum absolute atomic E-state index is 10.9. The minimum absolute atomic E-state index is 0.0112. The molecule has 0 unspecified atom stereocenters. The largest absolute Gasteiger partial charge is 0.543 e. The van der Waals surface area contributed by atoms with Gasteiger partial charge in [-0.1, -0.05) is 34.8 Å². The second-order valence-electron chi connectivity index (χ2n) is 3.86. The lowest BCUT2D eigenvalue weighted by Crippen LogP contribution is -2.24. The van der Waals surface area contributed by atoms with E-state index in [1.165, 1.54) is 6.21 Å². The molecule has 1 N–H and O–H groups in total. The first-order valence-corrected chi connectivity index (χ1v) is 6.65. The number of hydrazone groups is 1. The zero-order valence-electron chi connectivity index (χ0n) is 10.5. The average Bonchev–Trinajstić information content (AvgIpc) is 2.83. The topological polar surface area (TPSA) is 90.5 Å². The lowest BCUT2D eigenvalue weighted by molar-refractivity contribution is -0.255. The number of nitrogens with zero attached hydrogens (tertiary/aromatic N) is 2. The molecule has 9 heteroatoms. The van der Waals surface area contributed by atoms with E-state index in [4.69, 9.17) is 39.2 Å². The van der Waals surface area contributed by atoms with Gasteiger partial charge in [0.15, 0.2) is 5.15 Å². The van der Waals surface area contributed by atoms with Crippen LogP contribution < -0.4 is 10.5 Å². The fourth-order valence-corrected chi connectivity index (χ4v) is 2.09. The Bertz CT molecular complexity index is 728. The van der Waals surface area contributed by atoms with E-state index in [0.717, 1.165) is 5.76 Å². The van der Waals surface area contributed by atoms with Crippen LogP contribution in [0.5, 0.6) is 0 Å². The molecule has 110 valence electrons. The maximum atomic E-state index is 10.9. The van der Waals surface area contributed by atoms with Crippen molar-refractivity contribution in [3.8, 4) is 0 Å². The second kappa shape index (κ2) is 6.34. The molecule has 0 aliphatic heterocycles. The molecule has 0 saturated heterocycles. The van der Waals surface area contributed by atoms with Gasteiger partial charge in [0.05, 0.1) is 22.9 Å². The summed E-state index contributed by atoms with van der Waals surface area (Å²) in [5.74, 6) is -0.363. The molecule has 2 heterocycles. The highest BCUT2D eigenvalue weighted by molar-refractivity contribution is 6.46. The summed E-state index contributed by atoms with van der Waals surface area (Å²) in [4.78, 5) is 14.4. The minimum atomic E-state index is -1.58. The van der Waals surface area contributed by atoms with Crippen LogP contribution in [0.2, 0.25) is 15.2 Å². The Morgan fingerprint density at radius 3 is 2.67 bits per heavy atom. The molecule has 6 nitrogen and oxygen atoms in total. The summed E-state index contributed by atoms with van der Waals surface area (Å²) in [6, 6.07) is 3.47. The number of pyridine rings is 1. The van der Waals surface area contributed by atoms with Crippen molar-refractivity contribution in [2.45, 2.75) is 6.92 Å². The van der Waals surface area contributed by atoms with Gasteiger partial charge in [0, 0.05) is 0 Å². The molecule has 0 fully saturated rings. The van der Waals surface area contributed by atoms with Crippen molar-refractivity contribution < 1.29 is 14.3 Å². The Morgan fingerprint density at radius 1 is 1.38 bits per heavy atom. The molecule has 0 aromatic carbocycles. The van der Waals surface area contributed by atoms with Crippen LogP contribution in [-0.4, -0.2) is 17.2 Å². The van der Waals surface area contributed by atoms with Crippen LogP contribution in [0.25, 0.3) is 0 Å². The van der Waals surface area contributed by atoms with Crippen LogP contribution in [0.15, 0.2) is 21.7 Å². The van der Waals surface area contributed by atoms with Crippen LogP contribution in [0.1, 0.15) is 22.0 Å². The predicted molar refractivity (Wildman–Crippen MR) is 78.3 cm³/mol. The highest BCUT2D eigenvalue weighted by Crippen LogP contribution is 2.36. The van der Waals surface area contributed by atoms with E-state index in [-0.39, 0.29) is 20.9 Å². The summed E-state index contributed by atoms with van der Waals surface area (Å²) in [6.07, 6.45) is 1.37. The van der Waals surface area contributed by atoms with E-state index in [0.29, 0.717) is 5.76 Å². The molecular formula is C12H7Cl3N3O3-. The number of carboxylic acids is 1. The number of halogens is 3. The maximum Gasteiger partial charge on any atom is 0.150 e. The Hall–Kier alpha value is -1.76. The summed E-state index contributed by atoms with van der Waals surface area (Å²) in [5.41, 5.74) is 1.99. The molecule has 2 rings (SSSR count). The number of carboxylic acid groups (broad SMARTS) is 1. The Morgan fingerprint density at radius 2 is 2.10 bits per heavy atom. The number of rotatable bonds is 4. The van der Waals surface area contributed by atoms with Gasteiger partial charge in [-0.05, 0) is 19.1 Å². The van der Waals surface area contributed by atoms with E-state index < -0.39 is 11.7 Å². The number of aromatic nitrogens is 1. The number of aromatic carboxylic acids is 1. The third-order valence-electron chi connectivity index (χ3n) is 2.36. The molecule has 0 spiro atoms. The van der Waals surface area contributed by atoms with Gasteiger partial charge in [0.1, 0.15) is 22.2 Å². The number of nitrogens with one attached hydrogen (secondary N) is 1. The molecule has 2 aromatic rings. The van der Waals surface area contributed by atoms with E-state index in [1.807, 2.05) is 0 Å². The molecule has 0 atom stereocenters. The van der Waals surface area contributed by atoms with Gasteiger partial charge in [-0.25, -0.2) is 4.98 Å². The van der Waals surface area contributed by atoms with Crippen LogP contribution in [-0.2, 0) is 0 Å². The molecule has 0 amide bonds. The van der Waals surface area contributed by atoms with Crippen LogP contribution in [0, 0.1) is 6.92 Å². The van der Waals surface area contributed by atoms with Crippen molar-refractivity contribution in [1.82, 2.24) is 4.98 Å². The lowest BCUT2D eigenvalue weighted by Gasteiger charge is -2.11. The Kier molecular flexibility index (Phi) is 4.72. The van der Waals surface area contributed by atoms with E-state index in [2.05, 4.69) is 15.5 Å². The first-order chi connectivity index (χ1) is 9.90. The predicted octanol–water partition coefficient (Wildman–Crippen LogP) is 2.75. The third kappa shape index (κ3) is 3.47. The molecule has 2 aromatic heterocycles. The lowest BCUT2D eigenvalue weighted by atomic mass is 10.3. The fraction of sp³-hybridized carbons (Fsp3) is 0.0833. The SMILES string of the molecule is Cc1ccc(/C=N\Nc2c(Cl)c(Cl)nc(C(=O)[O-])c2Cl)o1. The summed E-state index contributed by atoms with van der Waals surface area (Å²) in [7, 11) is 0. The number of carbonyl (C=O) groups is 1. The summed E-state index contributed by atoms with van der Waals surface area (Å²) in [5, 5.41) is 14.2. The molecule has 0 bridgehead atoms. The highest BCUT2D eigenvalue weighted by Gasteiger charge is 2.16. The molecular weight excluding hydrogens is 341 g/mol. The van der Waals surface area contributed by atoms with Gasteiger partial charge in [0.2, 0.25) is 0 Å². The standard InChI is InChI=1S/C12H8Cl3N3O3/c1-5-2-3-6(21-5)4-16-18-9-7(13)10(12(19)20)17-11(15)8(9)14/h2-4H,1H3,(H,17,18)(H,19,20)/p-1/b16-4-. The number of aryl methyl sites for hydroxylation is 1. The first-order valence-electron chi connectivity index (χ1n) is 5.51. The van der Waals surface area contributed by atoms with E-state index in [1.54, 1.807) is 19.1 Å². The normalized spacial score (nSPS) is 11.0. The van der Waals surface area contributed by atoms with Gasteiger partial charge in [-0.3, -0.25) is 5.43 Å². The number of furan rings is 1. The van der Waals surface area contributed by atoms with Crippen LogP contribution >= 0.6 is 34.8 Å². The summed E-state index contributed by atoms with van der Waals surface area (Å²) < 4.78 is 5.27. The molecule has 0 saturated carbocycles. The quantitative estimate of drug-likeness (QED) is 0.522. The molecule has 0 aliphatic rings. The molecule has 0 radical (unpaired) electrons. The monoisotopic (exact) mass is 346 g/mol. The van der Waals surface area contributed by atoms with Gasteiger partial charge in [-0.15, -0.1) is 0 Å². The number of hydrogen-bond donors (Lipinski definition) is 1. The van der Waals surface area contributed by atoms with Gasteiger partial charge < -0.3 is 14.3 Å². The van der Waals surface area contributed by atoms with Crippen molar-refractivity contribution in [1.29, 1.82) is 0 Å². The highest BCUT2D eigenvalue weighted by atomic mass is 35.5. The number of hydrogen-bond acceptors (Lipinski definition) is 6. The smallest absolute Gasteiger partial charge is 0.150 e. The summed E-state index contributed by atoms with van der Waals surface area (Å²) >= 11 is 17.5. The Balaban J connectivity index is 2.31. The molecule has 21 heavy (non-hydrogen) atoms. The van der Waals surface area contributed by atoms with Gasteiger partial charge in [-0.2, -0.15) is 5.10 Å². The molecule has 0 aliphatic carbocycles. The van der Waals surface area contributed by atoms with E-state index >= 15 is 0 Å². The van der Waals surface area contributed by atoms with E-state index in [9.17, 15) is 9.90 Å². The zero-order chi connectivity index (χ0) is 15.6. The average molecular weight is 348 g/mol. The third-order valence-corrected chi connectivity index (χ3v) is 3.47. The van der Waals surface area contributed by atoms with Crippen LogP contribution in [0.4, 0.5) is 5.69 Å². The van der Waals surface area contributed by atoms with Crippen molar-refractivity contribution in [2.24, 2.45) is 5.10 Å². The zero-order valence-corrected chi connectivity index (χ0v) is 12.8. The van der Waals surface area contributed by atoms with Crippen molar-refractivity contribution in [2.75, 3.05) is 5.43 Å². The second-order valence-corrected chi connectivity index (χ2v) is 4.97. The van der Waals surface area contributed by atoms with Crippen molar-refractivity contribution in [3.05, 3.63) is 44.5 Å². The minimum Gasteiger partial charge on any atom is -0.543 e. The number of carbonyl (C=O) groups excluding carboxylic acids is 1. The van der Waals surface area contributed by atoms with Crippen molar-refractivity contribution >= 4 is 52.7 Å². The van der Waals surface area contributed by atoms with Gasteiger partial charge in [0.25, 0.3) is 0 Å². The first kappa shape index (κ1) is 15.6. The number of anilines is 1. The van der Waals surface area contributed by atoms with Crippen molar-refractivity contribution in [3.63, 3.8) is 0 Å². The van der Waals surface area contributed by atoms with Crippen LogP contribution in [0.3, 0.4) is 0 Å². The summed E-state index contributed by atoms with van der Waals surface area (Å²) in [6.45, 7) is 1.79.